The van der Waals surface area contributed by atoms with E-state index in [4.69, 9.17) is 4.74 Å². The molecule has 0 bridgehead atoms. The lowest BCUT2D eigenvalue weighted by Gasteiger charge is -2.38. The van der Waals surface area contributed by atoms with E-state index < -0.39 is 62.1 Å². The zero-order valence-corrected chi connectivity index (χ0v) is 26.3. The summed E-state index contributed by atoms with van der Waals surface area (Å²) in [6.07, 6.45) is -11.6. The van der Waals surface area contributed by atoms with Gasteiger partial charge in [0.15, 0.2) is 9.84 Å². The van der Waals surface area contributed by atoms with Gasteiger partial charge in [-0.3, -0.25) is 9.59 Å². The molecule has 2 aliphatic heterocycles. The number of amides is 2. The fourth-order valence-electron chi connectivity index (χ4n) is 6.46. The molecule has 3 aromatic rings. The molecule has 0 aliphatic carbocycles. The Balaban J connectivity index is 1.57. The Hall–Kier alpha value is -4.14. The molecule has 1 atom stereocenters. The highest BCUT2D eigenvalue weighted by atomic mass is 32.2. The van der Waals surface area contributed by atoms with Gasteiger partial charge in [0, 0.05) is 44.6 Å². The van der Waals surface area contributed by atoms with Crippen molar-refractivity contribution in [3.8, 4) is 5.75 Å². The lowest BCUT2D eigenvalue weighted by atomic mass is 9.88. The number of ether oxygens (including phenoxy) is 1. The van der Waals surface area contributed by atoms with E-state index in [1.807, 2.05) is 0 Å². The molecule has 2 amide bonds. The van der Waals surface area contributed by atoms with Gasteiger partial charge in [0.1, 0.15) is 16.3 Å². The number of likely N-dealkylation sites (tertiary alicyclic amines) is 2. The molecular formula is C33H31F7N2O5S. The molecule has 0 spiro atoms. The van der Waals surface area contributed by atoms with Gasteiger partial charge >= 0.3 is 18.0 Å². The van der Waals surface area contributed by atoms with Crippen LogP contribution in [0.3, 0.4) is 0 Å². The van der Waals surface area contributed by atoms with Gasteiger partial charge in [-0.25, -0.2) is 12.8 Å². The van der Waals surface area contributed by atoms with Gasteiger partial charge in [-0.05, 0) is 61.2 Å². The number of rotatable bonds is 7. The molecule has 2 heterocycles. The number of alkyl halides is 6. The third-order valence-electron chi connectivity index (χ3n) is 9.10. The normalized spacial score (nSPS) is 19.8. The zero-order valence-electron chi connectivity index (χ0n) is 25.5. The molecule has 0 radical (unpaired) electrons. The number of hydrogen-bond acceptors (Lipinski definition) is 5. The molecule has 0 N–H and O–H groups in total. The second-order valence-corrected chi connectivity index (χ2v) is 14.2. The molecule has 3 aromatic carbocycles. The van der Waals surface area contributed by atoms with Gasteiger partial charge in [0.25, 0.3) is 0 Å². The Morgan fingerprint density at radius 2 is 1.35 bits per heavy atom. The number of hydrogen-bond donors (Lipinski definition) is 0. The smallest absolute Gasteiger partial charge is 0.442 e. The number of carbonyl (C=O) groups excluding carboxylic acids is 2. The molecule has 1 unspecified atom stereocenters. The molecule has 258 valence electrons. The molecule has 2 aliphatic rings. The molecule has 48 heavy (non-hydrogen) atoms. The average Bonchev–Trinajstić information content (AvgIpc) is 3.50. The number of carbonyl (C=O) groups is 2. The van der Waals surface area contributed by atoms with Crippen LogP contribution in [0.15, 0.2) is 83.8 Å². The average molecular weight is 701 g/mol. The second-order valence-electron chi connectivity index (χ2n) is 11.9. The van der Waals surface area contributed by atoms with E-state index in [1.54, 1.807) is 4.90 Å². The summed E-state index contributed by atoms with van der Waals surface area (Å²) in [6, 6.07) is 12.3. The van der Waals surface area contributed by atoms with Gasteiger partial charge in [-0.2, -0.15) is 26.3 Å². The maximum atomic E-state index is 14.5. The first-order chi connectivity index (χ1) is 22.4. The maximum Gasteiger partial charge on any atom is 0.442 e. The van der Waals surface area contributed by atoms with Crippen LogP contribution in [0.25, 0.3) is 0 Å². The number of benzene rings is 3. The highest BCUT2D eigenvalue weighted by Gasteiger charge is 2.75. The molecule has 2 fully saturated rings. The van der Waals surface area contributed by atoms with Crippen LogP contribution < -0.4 is 4.74 Å². The van der Waals surface area contributed by atoms with Crippen molar-refractivity contribution < 1.29 is 53.5 Å². The third-order valence-corrected chi connectivity index (χ3v) is 11.6. The lowest BCUT2D eigenvalue weighted by Crippen LogP contribution is -2.58. The number of halogens is 7. The molecular weight excluding hydrogens is 669 g/mol. The van der Waals surface area contributed by atoms with E-state index in [1.165, 1.54) is 30.0 Å². The van der Waals surface area contributed by atoms with Crippen LogP contribution in [-0.2, 0) is 29.8 Å². The van der Waals surface area contributed by atoms with Gasteiger partial charge in [-0.1, -0.05) is 42.5 Å². The molecule has 15 heteroatoms. The van der Waals surface area contributed by atoms with Crippen molar-refractivity contribution in [1.29, 1.82) is 0 Å². The van der Waals surface area contributed by atoms with Crippen LogP contribution >= 0.6 is 0 Å². The Morgan fingerprint density at radius 3 is 1.88 bits per heavy atom. The summed E-state index contributed by atoms with van der Waals surface area (Å²) in [4.78, 5) is 27.9. The third kappa shape index (κ3) is 6.12. The van der Waals surface area contributed by atoms with E-state index in [0.717, 1.165) is 48.5 Å². The Kier molecular flexibility index (Phi) is 9.32. The highest BCUT2D eigenvalue weighted by molar-refractivity contribution is 7.92. The van der Waals surface area contributed by atoms with Gasteiger partial charge in [-0.15, -0.1) is 0 Å². The van der Waals surface area contributed by atoms with E-state index in [-0.39, 0.29) is 35.2 Å². The van der Waals surface area contributed by atoms with Crippen LogP contribution in [-0.4, -0.2) is 68.6 Å². The van der Waals surface area contributed by atoms with Gasteiger partial charge in [0.2, 0.25) is 11.8 Å². The van der Waals surface area contributed by atoms with Crippen molar-refractivity contribution >= 4 is 21.7 Å². The number of sulfone groups is 1. The van der Waals surface area contributed by atoms with Crippen molar-refractivity contribution in [2.75, 3.05) is 26.2 Å². The standard InChI is InChI=1S/C33H31F7N2O5S/c1-22(43)41-18-15-23(16-19-41)29(44)42-20-17-30(21-42,48(45,46)28-13-11-26(34)12-14-28)24-7-9-25(10-8-24)31(32(35,36)37,33(38,39)40)47-27-5-3-2-4-6-27/h2-14,23H,15-21H2,1H3. The van der Waals surface area contributed by atoms with Crippen LogP contribution in [0.2, 0.25) is 0 Å². The monoisotopic (exact) mass is 700 g/mol. The minimum atomic E-state index is -6.00. The van der Waals surface area contributed by atoms with Crippen molar-refractivity contribution in [3.63, 3.8) is 0 Å². The van der Waals surface area contributed by atoms with Gasteiger partial charge in [0.05, 0.1) is 4.90 Å². The Labute approximate surface area is 272 Å². The van der Waals surface area contributed by atoms with Crippen LogP contribution in [0.4, 0.5) is 30.7 Å². The molecule has 5 rings (SSSR count). The number of para-hydroxylation sites is 1. The highest BCUT2D eigenvalue weighted by Crippen LogP contribution is 2.53. The summed E-state index contributed by atoms with van der Waals surface area (Å²) in [5, 5.41) is 0. The van der Waals surface area contributed by atoms with Crippen LogP contribution in [0, 0.1) is 11.7 Å². The van der Waals surface area contributed by atoms with E-state index in [9.17, 15) is 48.7 Å². The Morgan fingerprint density at radius 1 is 0.792 bits per heavy atom. The molecule has 2 saturated heterocycles. The first-order valence-electron chi connectivity index (χ1n) is 15.0. The Bertz CT molecular complexity index is 1730. The van der Waals surface area contributed by atoms with E-state index >= 15 is 0 Å². The number of nitrogens with zero attached hydrogens (tertiary/aromatic N) is 2. The molecule has 0 saturated carbocycles. The summed E-state index contributed by atoms with van der Waals surface area (Å²) >= 11 is 0. The summed E-state index contributed by atoms with van der Waals surface area (Å²) in [6.45, 7) is 1.52. The van der Waals surface area contributed by atoms with Gasteiger partial charge < -0.3 is 14.5 Å². The van der Waals surface area contributed by atoms with Crippen molar-refractivity contribution in [2.24, 2.45) is 5.92 Å². The van der Waals surface area contributed by atoms with Crippen LogP contribution in [0.1, 0.15) is 37.3 Å². The van der Waals surface area contributed by atoms with Crippen molar-refractivity contribution in [1.82, 2.24) is 9.80 Å². The molecule has 7 nitrogen and oxygen atoms in total. The van der Waals surface area contributed by atoms with Crippen molar-refractivity contribution in [3.05, 3.63) is 95.8 Å². The zero-order chi connectivity index (χ0) is 35.1. The predicted octanol–water partition coefficient (Wildman–Crippen LogP) is 6.38. The first-order valence-corrected chi connectivity index (χ1v) is 16.4. The summed E-state index contributed by atoms with van der Waals surface area (Å²) in [7, 11) is -4.53. The maximum absolute atomic E-state index is 14.5. The topological polar surface area (TPSA) is 84.0 Å². The van der Waals surface area contributed by atoms with Crippen molar-refractivity contribution in [2.45, 2.75) is 53.8 Å². The number of piperidine rings is 1. The fourth-order valence-corrected chi connectivity index (χ4v) is 8.53. The quantitative estimate of drug-likeness (QED) is 0.211. The second kappa shape index (κ2) is 12.7. The summed E-state index contributed by atoms with van der Waals surface area (Å²) in [5.74, 6) is -2.49. The predicted molar refractivity (Wildman–Crippen MR) is 159 cm³/mol. The minimum absolute atomic E-state index is 0.0832. The fraction of sp³-hybridized carbons (Fsp3) is 0.394. The van der Waals surface area contributed by atoms with E-state index in [0.29, 0.717) is 38.1 Å². The first kappa shape index (κ1) is 35.2. The lowest BCUT2D eigenvalue weighted by molar-refractivity contribution is -0.365. The SMILES string of the molecule is CC(=O)N1CCC(C(=O)N2CCC(c3ccc(C(Oc4ccccc4)(C(F)(F)F)C(F)(F)F)cc3)(S(=O)(=O)c3ccc(F)cc3)C2)CC1. The van der Waals surface area contributed by atoms with Crippen LogP contribution in [0.5, 0.6) is 5.75 Å². The van der Waals surface area contributed by atoms with E-state index in [2.05, 4.69) is 0 Å². The minimum Gasteiger partial charge on any atom is -0.464 e. The largest absolute Gasteiger partial charge is 0.464 e. The summed E-state index contributed by atoms with van der Waals surface area (Å²) in [5.41, 5.74) is -6.31. The summed E-state index contributed by atoms with van der Waals surface area (Å²) < 4.78 is 132. The molecule has 0 aromatic heterocycles.